The number of rotatable bonds is 8. The molecule has 0 amide bonds. The van der Waals surface area contributed by atoms with E-state index >= 15 is 4.39 Å². The van der Waals surface area contributed by atoms with Gasteiger partial charge in [-0.25, -0.2) is 13.2 Å². The Balaban J connectivity index is 0.000000352. The highest BCUT2D eigenvalue weighted by molar-refractivity contribution is 6.01. The van der Waals surface area contributed by atoms with Crippen molar-refractivity contribution in [3.63, 3.8) is 0 Å². The van der Waals surface area contributed by atoms with Gasteiger partial charge in [-0.1, -0.05) is 13.0 Å². The van der Waals surface area contributed by atoms with E-state index in [1.165, 1.54) is 44.3 Å². The molecule has 246 valence electrons. The SMILES string of the molecule is CCc1c(F)ccc2cc(O)cc(-c3ncc4c(N(C)CCCC5CC(O)C5)nc(OC)nc4c3F)c12.FC1CC2CCCN2C1. The van der Waals surface area contributed by atoms with Crippen LogP contribution in [0.1, 0.15) is 57.4 Å². The Morgan fingerprint density at radius 3 is 2.65 bits per heavy atom. The van der Waals surface area contributed by atoms with E-state index in [4.69, 9.17) is 4.74 Å². The summed E-state index contributed by atoms with van der Waals surface area (Å²) in [6.07, 6.45) is 8.14. The van der Waals surface area contributed by atoms with Crippen LogP contribution in [0.4, 0.5) is 19.0 Å². The fraction of sp³-hybridized carbons (Fsp3) is 0.514. The lowest BCUT2D eigenvalue weighted by molar-refractivity contribution is 0.0386. The summed E-state index contributed by atoms with van der Waals surface area (Å²) in [7, 11) is 3.30. The number of aromatic hydroxyl groups is 1. The average molecular weight is 638 g/mol. The zero-order valence-corrected chi connectivity index (χ0v) is 26.6. The first-order valence-corrected chi connectivity index (χ1v) is 16.3. The van der Waals surface area contributed by atoms with Crippen LogP contribution in [-0.4, -0.2) is 82.2 Å². The Kier molecular flexibility index (Phi) is 9.52. The molecule has 3 fully saturated rings. The van der Waals surface area contributed by atoms with Gasteiger partial charge >= 0.3 is 6.01 Å². The summed E-state index contributed by atoms with van der Waals surface area (Å²) in [5.74, 6) is -0.134. The monoisotopic (exact) mass is 637 g/mol. The molecule has 4 heterocycles. The van der Waals surface area contributed by atoms with Crippen molar-refractivity contribution in [1.82, 2.24) is 19.9 Å². The molecule has 7 rings (SSSR count). The first-order chi connectivity index (χ1) is 22.2. The third-order valence-electron chi connectivity index (χ3n) is 9.73. The van der Waals surface area contributed by atoms with E-state index in [1.54, 1.807) is 6.07 Å². The Bertz CT molecular complexity index is 1710. The number of halogens is 3. The van der Waals surface area contributed by atoms with Gasteiger partial charge in [-0.3, -0.25) is 9.88 Å². The second kappa shape index (κ2) is 13.6. The molecule has 2 saturated heterocycles. The van der Waals surface area contributed by atoms with E-state index in [9.17, 15) is 19.0 Å². The van der Waals surface area contributed by atoms with E-state index in [1.807, 2.05) is 18.9 Å². The number of hydrogen-bond acceptors (Lipinski definition) is 8. The summed E-state index contributed by atoms with van der Waals surface area (Å²) in [5, 5.41) is 21.4. The van der Waals surface area contributed by atoms with Gasteiger partial charge in [0, 0.05) is 37.9 Å². The number of aromatic nitrogens is 3. The Hall–Kier alpha value is -3.70. The number of ether oxygens (including phenoxy) is 1. The standard InChI is InChI=1S/C28H30F2N4O3.C7H12FN/c1-4-19-22(29)8-7-16-12-18(36)13-20(23(16)19)25-24(30)26-21(14-31-25)27(33-28(32-26)37-3)34(2)9-5-6-15-10-17(35)11-15;8-6-4-7-2-1-3-9(7)5-6/h7-8,12-15,17,35-36H,4-6,9-11H2,1-3H3;6-7H,1-5H2. The highest BCUT2D eigenvalue weighted by Gasteiger charge is 2.34. The number of hydrogen-bond donors (Lipinski definition) is 2. The number of methoxy groups -OCH3 is 1. The Morgan fingerprint density at radius 2 is 1.93 bits per heavy atom. The molecule has 1 aliphatic carbocycles. The summed E-state index contributed by atoms with van der Waals surface area (Å²) in [4.78, 5) is 17.4. The maximum absolute atomic E-state index is 16.1. The number of fused-ring (bicyclic) bond motifs is 3. The van der Waals surface area contributed by atoms with Gasteiger partial charge in [0.25, 0.3) is 0 Å². The maximum atomic E-state index is 16.1. The van der Waals surface area contributed by atoms with Crippen molar-refractivity contribution in [2.75, 3.05) is 38.7 Å². The van der Waals surface area contributed by atoms with Crippen LogP contribution in [0.15, 0.2) is 30.5 Å². The number of benzene rings is 2. The number of aryl methyl sites for hydroxylation is 1. The van der Waals surface area contributed by atoms with Crippen molar-refractivity contribution in [1.29, 1.82) is 0 Å². The van der Waals surface area contributed by atoms with Gasteiger partial charge in [-0.15, -0.1) is 0 Å². The molecule has 2 aliphatic heterocycles. The predicted octanol–water partition coefficient (Wildman–Crippen LogP) is 6.58. The Morgan fingerprint density at radius 1 is 1.13 bits per heavy atom. The lowest BCUT2D eigenvalue weighted by atomic mass is 9.79. The summed E-state index contributed by atoms with van der Waals surface area (Å²) in [5.41, 5.74) is 0.716. The molecule has 2 atom stereocenters. The quantitative estimate of drug-likeness (QED) is 0.224. The van der Waals surface area contributed by atoms with Crippen molar-refractivity contribution in [3.05, 3.63) is 47.7 Å². The third-order valence-corrected chi connectivity index (χ3v) is 9.73. The molecule has 46 heavy (non-hydrogen) atoms. The zero-order chi connectivity index (χ0) is 32.5. The molecular formula is C35H42F3N5O3. The molecule has 2 aromatic heterocycles. The minimum absolute atomic E-state index is 0.0218. The largest absolute Gasteiger partial charge is 0.508 e. The van der Waals surface area contributed by atoms with Crippen LogP contribution in [0.25, 0.3) is 32.9 Å². The molecule has 11 heteroatoms. The molecule has 3 aliphatic rings. The summed E-state index contributed by atoms with van der Waals surface area (Å²) in [6.45, 7) is 4.36. The van der Waals surface area contributed by atoms with Gasteiger partial charge in [0.2, 0.25) is 0 Å². The third kappa shape index (κ3) is 6.44. The van der Waals surface area contributed by atoms with E-state index in [0.717, 1.165) is 38.6 Å². The second-order valence-electron chi connectivity index (χ2n) is 12.9. The highest BCUT2D eigenvalue weighted by atomic mass is 19.1. The van der Waals surface area contributed by atoms with Crippen molar-refractivity contribution < 1.29 is 28.1 Å². The van der Waals surface area contributed by atoms with E-state index in [0.29, 0.717) is 64.6 Å². The normalized spacial score (nSPS) is 22.4. The molecule has 1 saturated carbocycles. The van der Waals surface area contributed by atoms with Crippen LogP contribution >= 0.6 is 0 Å². The molecule has 0 bridgehead atoms. The molecule has 2 N–H and O–H groups in total. The van der Waals surface area contributed by atoms with Crippen LogP contribution in [-0.2, 0) is 6.42 Å². The number of nitrogens with zero attached hydrogens (tertiary/aromatic N) is 5. The minimum atomic E-state index is -0.700. The molecular weight excluding hydrogens is 595 g/mol. The number of aliphatic hydroxyl groups excluding tert-OH is 1. The summed E-state index contributed by atoms with van der Waals surface area (Å²) >= 11 is 0. The average Bonchev–Trinajstić information content (AvgIpc) is 3.61. The van der Waals surface area contributed by atoms with Crippen LogP contribution in [0, 0.1) is 17.6 Å². The smallest absolute Gasteiger partial charge is 0.318 e. The first kappa shape index (κ1) is 32.2. The fourth-order valence-corrected chi connectivity index (χ4v) is 7.31. The number of pyridine rings is 1. The van der Waals surface area contributed by atoms with Crippen molar-refractivity contribution in [2.45, 2.75) is 76.6 Å². The van der Waals surface area contributed by atoms with E-state index in [-0.39, 0.29) is 29.1 Å². The van der Waals surface area contributed by atoms with Gasteiger partial charge in [-0.2, -0.15) is 9.97 Å². The van der Waals surface area contributed by atoms with Crippen LogP contribution in [0.2, 0.25) is 0 Å². The second-order valence-corrected chi connectivity index (χ2v) is 12.9. The number of alkyl halides is 1. The lowest BCUT2D eigenvalue weighted by Gasteiger charge is -2.32. The summed E-state index contributed by atoms with van der Waals surface area (Å²) < 4.78 is 48.7. The highest BCUT2D eigenvalue weighted by Crippen LogP contribution is 2.39. The topological polar surface area (TPSA) is 94.8 Å². The molecule has 0 spiro atoms. The zero-order valence-electron chi connectivity index (χ0n) is 26.6. The fourth-order valence-electron chi connectivity index (χ4n) is 7.31. The van der Waals surface area contributed by atoms with E-state index < -0.39 is 17.8 Å². The Labute approximate surface area is 267 Å². The maximum Gasteiger partial charge on any atom is 0.318 e. The van der Waals surface area contributed by atoms with E-state index in [2.05, 4.69) is 19.9 Å². The van der Waals surface area contributed by atoms with Gasteiger partial charge in [-0.05, 0) is 98.4 Å². The van der Waals surface area contributed by atoms with Crippen LogP contribution in [0.3, 0.4) is 0 Å². The first-order valence-electron chi connectivity index (χ1n) is 16.3. The van der Waals surface area contributed by atoms with Crippen molar-refractivity contribution in [2.24, 2.45) is 5.92 Å². The van der Waals surface area contributed by atoms with Gasteiger partial charge in [0.05, 0.1) is 18.6 Å². The molecule has 0 radical (unpaired) electrons. The number of phenols is 1. The molecule has 2 aromatic carbocycles. The van der Waals surface area contributed by atoms with Gasteiger partial charge < -0.3 is 19.8 Å². The minimum Gasteiger partial charge on any atom is -0.508 e. The number of anilines is 1. The predicted molar refractivity (Wildman–Crippen MR) is 173 cm³/mol. The van der Waals surface area contributed by atoms with Crippen molar-refractivity contribution in [3.8, 4) is 23.0 Å². The van der Waals surface area contributed by atoms with Crippen LogP contribution < -0.4 is 9.64 Å². The van der Waals surface area contributed by atoms with Gasteiger partial charge in [0.1, 0.15) is 34.8 Å². The number of aliphatic hydroxyl groups is 1. The van der Waals surface area contributed by atoms with Gasteiger partial charge in [0.15, 0.2) is 5.82 Å². The molecule has 8 nitrogen and oxygen atoms in total. The number of phenolic OH excluding ortho intramolecular Hbond substituents is 1. The van der Waals surface area contributed by atoms with Crippen molar-refractivity contribution >= 4 is 27.5 Å². The lowest BCUT2D eigenvalue weighted by Crippen LogP contribution is -2.29. The van der Waals surface area contributed by atoms with Crippen LogP contribution in [0.5, 0.6) is 11.8 Å². The molecule has 4 aromatic rings. The summed E-state index contributed by atoms with van der Waals surface area (Å²) in [6, 6.07) is 6.48. The molecule has 2 unspecified atom stereocenters.